The standard InChI is InChI=1S/C23H24N2O9/c1-2-34-18-13-14(6-7-17(18)27)20-19(21(28)15-4-3-5-16(12-15)25(31)32)22(29)23(30)24(20)8-10-33-11-9-26/h3-7,12-13,20,26-28H,2,8-11H2,1H3/t20-/m1/s1. The number of hydrogen-bond acceptors (Lipinski definition) is 9. The molecular weight excluding hydrogens is 448 g/mol. The number of likely N-dealkylation sites (tertiary alicyclic amines) is 1. The molecule has 11 nitrogen and oxygen atoms in total. The van der Waals surface area contributed by atoms with Crippen LogP contribution in [-0.4, -0.2) is 69.8 Å². The molecule has 3 rings (SSSR count). The summed E-state index contributed by atoms with van der Waals surface area (Å²) in [5.41, 5.74) is -0.191. The van der Waals surface area contributed by atoms with E-state index in [4.69, 9.17) is 14.6 Å². The van der Waals surface area contributed by atoms with E-state index in [0.29, 0.717) is 5.56 Å². The van der Waals surface area contributed by atoms with E-state index in [1.165, 1.54) is 41.3 Å². The Morgan fingerprint density at radius 2 is 1.94 bits per heavy atom. The number of ether oxygens (including phenoxy) is 2. The molecule has 180 valence electrons. The van der Waals surface area contributed by atoms with E-state index >= 15 is 0 Å². The first-order valence-electron chi connectivity index (χ1n) is 10.5. The number of ketones is 1. The molecule has 1 heterocycles. The minimum Gasteiger partial charge on any atom is -0.507 e. The van der Waals surface area contributed by atoms with Crippen LogP contribution in [-0.2, 0) is 14.3 Å². The second-order valence-corrected chi connectivity index (χ2v) is 7.30. The number of nitro groups is 1. The Hall–Kier alpha value is -3.96. The number of nitro benzene ring substituents is 1. The Bertz CT molecular complexity index is 1130. The lowest BCUT2D eigenvalue weighted by Crippen LogP contribution is -2.33. The van der Waals surface area contributed by atoms with Crippen molar-refractivity contribution >= 4 is 23.1 Å². The molecular formula is C23H24N2O9. The molecule has 2 aromatic carbocycles. The molecule has 11 heteroatoms. The number of phenolic OH excluding ortho intramolecular Hbond substituents is 1. The van der Waals surface area contributed by atoms with Crippen LogP contribution in [0.2, 0.25) is 0 Å². The lowest BCUT2D eigenvalue weighted by atomic mass is 9.95. The first-order valence-corrected chi connectivity index (χ1v) is 10.5. The number of benzene rings is 2. The van der Waals surface area contributed by atoms with E-state index in [-0.39, 0.29) is 61.3 Å². The number of nitrogens with zero attached hydrogens (tertiary/aromatic N) is 2. The van der Waals surface area contributed by atoms with Crippen LogP contribution in [0.25, 0.3) is 5.76 Å². The van der Waals surface area contributed by atoms with Crippen LogP contribution in [0.4, 0.5) is 5.69 Å². The summed E-state index contributed by atoms with van der Waals surface area (Å²) in [6.45, 7) is 1.77. The van der Waals surface area contributed by atoms with Crippen molar-refractivity contribution in [3.05, 3.63) is 69.3 Å². The minimum atomic E-state index is -1.07. The summed E-state index contributed by atoms with van der Waals surface area (Å²) in [6.07, 6.45) is 0. The summed E-state index contributed by atoms with van der Waals surface area (Å²) >= 11 is 0. The summed E-state index contributed by atoms with van der Waals surface area (Å²) in [5.74, 6) is -2.46. The molecule has 1 aliphatic heterocycles. The molecule has 1 fully saturated rings. The average molecular weight is 472 g/mol. The zero-order chi connectivity index (χ0) is 24.8. The van der Waals surface area contributed by atoms with Crippen LogP contribution in [0.15, 0.2) is 48.0 Å². The molecule has 2 aromatic rings. The first-order chi connectivity index (χ1) is 16.3. The van der Waals surface area contributed by atoms with Crippen molar-refractivity contribution in [1.82, 2.24) is 4.90 Å². The van der Waals surface area contributed by atoms with Crippen molar-refractivity contribution in [2.75, 3.05) is 33.0 Å². The van der Waals surface area contributed by atoms with Crippen molar-refractivity contribution in [3.63, 3.8) is 0 Å². The van der Waals surface area contributed by atoms with Gasteiger partial charge in [0.2, 0.25) is 0 Å². The van der Waals surface area contributed by atoms with Crippen molar-refractivity contribution in [2.24, 2.45) is 0 Å². The molecule has 1 aliphatic rings. The highest BCUT2D eigenvalue weighted by Gasteiger charge is 2.46. The van der Waals surface area contributed by atoms with E-state index in [0.717, 1.165) is 6.07 Å². The SMILES string of the molecule is CCOc1cc([C@@H]2C(=C(O)c3cccc([N+](=O)[O-])c3)C(=O)C(=O)N2CCOCCO)ccc1O. The van der Waals surface area contributed by atoms with Gasteiger partial charge >= 0.3 is 0 Å². The van der Waals surface area contributed by atoms with Crippen molar-refractivity contribution in [2.45, 2.75) is 13.0 Å². The van der Waals surface area contributed by atoms with E-state index in [1.54, 1.807) is 6.92 Å². The van der Waals surface area contributed by atoms with Crippen LogP contribution in [0, 0.1) is 10.1 Å². The topological polar surface area (TPSA) is 160 Å². The van der Waals surface area contributed by atoms with Gasteiger partial charge in [-0.15, -0.1) is 0 Å². The van der Waals surface area contributed by atoms with Gasteiger partial charge in [0.1, 0.15) is 5.76 Å². The zero-order valence-electron chi connectivity index (χ0n) is 18.3. The highest BCUT2D eigenvalue weighted by atomic mass is 16.6. The summed E-state index contributed by atoms with van der Waals surface area (Å²) in [5, 5.41) is 41.2. The minimum absolute atomic E-state index is 0.00228. The van der Waals surface area contributed by atoms with Gasteiger partial charge in [0.05, 0.1) is 43.0 Å². The van der Waals surface area contributed by atoms with E-state index in [1.807, 2.05) is 0 Å². The molecule has 1 atom stereocenters. The van der Waals surface area contributed by atoms with Crippen LogP contribution in [0.5, 0.6) is 11.5 Å². The number of hydrogen-bond donors (Lipinski definition) is 3. The van der Waals surface area contributed by atoms with Gasteiger partial charge < -0.3 is 29.7 Å². The molecule has 0 spiro atoms. The number of amides is 1. The van der Waals surface area contributed by atoms with Gasteiger partial charge in [0, 0.05) is 24.2 Å². The quantitative estimate of drug-likeness (QED) is 0.118. The van der Waals surface area contributed by atoms with Gasteiger partial charge in [0.25, 0.3) is 17.4 Å². The number of carbonyl (C=O) groups excluding carboxylic acids is 2. The lowest BCUT2D eigenvalue weighted by molar-refractivity contribution is -0.384. The maximum absolute atomic E-state index is 13.0. The fraction of sp³-hybridized carbons (Fsp3) is 0.304. The Labute approximate surface area is 194 Å². The third-order valence-electron chi connectivity index (χ3n) is 5.18. The highest BCUT2D eigenvalue weighted by Crippen LogP contribution is 2.41. The fourth-order valence-electron chi connectivity index (χ4n) is 3.68. The number of aliphatic hydroxyl groups is 2. The van der Waals surface area contributed by atoms with E-state index in [2.05, 4.69) is 0 Å². The van der Waals surface area contributed by atoms with Crippen LogP contribution >= 0.6 is 0 Å². The smallest absolute Gasteiger partial charge is 0.295 e. The molecule has 0 aliphatic carbocycles. The van der Waals surface area contributed by atoms with Crippen LogP contribution in [0.1, 0.15) is 24.1 Å². The average Bonchev–Trinajstić information content (AvgIpc) is 3.08. The fourth-order valence-corrected chi connectivity index (χ4v) is 3.68. The Balaban J connectivity index is 2.14. The number of rotatable bonds is 10. The highest BCUT2D eigenvalue weighted by molar-refractivity contribution is 6.46. The number of carbonyl (C=O) groups is 2. The monoisotopic (exact) mass is 472 g/mol. The normalized spacial score (nSPS) is 17.2. The molecule has 3 N–H and O–H groups in total. The molecule has 34 heavy (non-hydrogen) atoms. The summed E-state index contributed by atoms with van der Waals surface area (Å²) in [4.78, 5) is 37.6. The van der Waals surface area contributed by atoms with Gasteiger partial charge in [0.15, 0.2) is 11.5 Å². The Kier molecular flexibility index (Phi) is 7.82. The second-order valence-electron chi connectivity index (χ2n) is 7.30. The van der Waals surface area contributed by atoms with Crippen molar-refractivity contribution in [3.8, 4) is 11.5 Å². The van der Waals surface area contributed by atoms with Crippen molar-refractivity contribution < 1.29 is 39.3 Å². The molecule has 1 saturated heterocycles. The van der Waals surface area contributed by atoms with Gasteiger partial charge in [-0.25, -0.2) is 0 Å². The number of aromatic hydroxyl groups is 1. The predicted octanol–water partition coefficient (Wildman–Crippen LogP) is 2.13. The van der Waals surface area contributed by atoms with E-state index in [9.17, 15) is 29.9 Å². The van der Waals surface area contributed by atoms with Crippen LogP contribution < -0.4 is 4.74 Å². The number of non-ortho nitro benzene ring substituents is 1. The summed E-state index contributed by atoms with van der Waals surface area (Å²) in [6, 6.07) is 8.29. The summed E-state index contributed by atoms with van der Waals surface area (Å²) < 4.78 is 10.7. The third kappa shape index (κ3) is 5.00. The van der Waals surface area contributed by atoms with Gasteiger partial charge in [-0.3, -0.25) is 19.7 Å². The van der Waals surface area contributed by atoms with Gasteiger partial charge in [-0.1, -0.05) is 18.2 Å². The second kappa shape index (κ2) is 10.8. The molecule has 0 bridgehead atoms. The molecule has 0 unspecified atom stereocenters. The first kappa shape index (κ1) is 24.7. The van der Waals surface area contributed by atoms with Crippen molar-refractivity contribution in [1.29, 1.82) is 0 Å². The number of aliphatic hydroxyl groups excluding tert-OH is 2. The Morgan fingerprint density at radius 1 is 1.18 bits per heavy atom. The zero-order valence-corrected chi connectivity index (χ0v) is 18.3. The molecule has 0 radical (unpaired) electrons. The largest absolute Gasteiger partial charge is 0.507 e. The lowest BCUT2D eigenvalue weighted by Gasteiger charge is -2.25. The molecule has 0 aromatic heterocycles. The number of Topliss-reactive ketones (excluding diaryl/α,β-unsaturated/α-hetero) is 1. The molecule has 0 saturated carbocycles. The number of phenols is 1. The maximum atomic E-state index is 13.0. The Morgan fingerprint density at radius 3 is 2.62 bits per heavy atom. The van der Waals surface area contributed by atoms with Crippen LogP contribution in [0.3, 0.4) is 0 Å². The summed E-state index contributed by atoms with van der Waals surface area (Å²) in [7, 11) is 0. The van der Waals surface area contributed by atoms with E-state index < -0.39 is 28.4 Å². The van der Waals surface area contributed by atoms with Gasteiger partial charge in [-0.05, 0) is 24.6 Å². The maximum Gasteiger partial charge on any atom is 0.295 e. The third-order valence-corrected chi connectivity index (χ3v) is 5.18. The predicted molar refractivity (Wildman–Crippen MR) is 119 cm³/mol. The molecule has 1 amide bonds. The van der Waals surface area contributed by atoms with Gasteiger partial charge in [-0.2, -0.15) is 0 Å².